The third-order valence-corrected chi connectivity index (χ3v) is 5.07. The number of hydrogen-bond donors (Lipinski definition) is 1. The number of likely N-dealkylation sites (tertiary alicyclic amines) is 1. The predicted octanol–water partition coefficient (Wildman–Crippen LogP) is 4.28. The molecule has 1 aromatic rings. The van der Waals surface area contributed by atoms with Gasteiger partial charge in [-0.05, 0) is 52.7 Å². The molecule has 2 heterocycles. The Morgan fingerprint density at radius 2 is 2.05 bits per heavy atom. The maximum absolute atomic E-state index is 12.1. The Labute approximate surface area is 141 Å². The molecule has 0 radical (unpaired) electrons. The van der Waals surface area contributed by atoms with Gasteiger partial charge in [-0.1, -0.05) is 11.6 Å². The number of halogens is 1. The van der Waals surface area contributed by atoms with Gasteiger partial charge in [-0.3, -0.25) is 0 Å². The van der Waals surface area contributed by atoms with E-state index >= 15 is 0 Å². The number of hydrogen-bond acceptors (Lipinski definition) is 4. The van der Waals surface area contributed by atoms with Crippen molar-refractivity contribution in [3.05, 3.63) is 21.3 Å². The first kappa shape index (κ1) is 17.6. The zero-order valence-corrected chi connectivity index (χ0v) is 15.3. The molecule has 1 N–H and O–H groups in total. The number of carbonyl (C=O) groups is 1. The van der Waals surface area contributed by atoms with E-state index in [2.05, 4.69) is 18.3 Å². The highest BCUT2D eigenvalue weighted by molar-refractivity contribution is 7.16. The molecule has 0 saturated carbocycles. The van der Waals surface area contributed by atoms with Crippen LogP contribution < -0.4 is 5.32 Å². The zero-order chi connectivity index (χ0) is 16.4. The Balaban J connectivity index is 1.81. The van der Waals surface area contributed by atoms with Gasteiger partial charge in [0.15, 0.2) is 0 Å². The van der Waals surface area contributed by atoms with Crippen LogP contribution in [0.5, 0.6) is 0 Å². The fourth-order valence-electron chi connectivity index (χ4n) is 2.43. The topological polar surface area (TPSA) is 41.6 Å². The third-order valence-electron chi connectivity index (χ3n) is 3.84. The van der Waals surface area contributed by atoms with E-state index in [9.17, 15) is 4.79 Å². The van der Waals surface area contributed by atoms with Crippen molar-refractivity contribution in [2.24, 2.45) is 0 Å². The minimum Gasteiger partial charge on any atom is -0.444 e. The van der Waals surface area contributed by atoms with Crippen molar-refractivity contribution >= 4 is 29.0 Å². The highest BCUT2D eigenvalue weighted by atomic mass is 35.5. The lowest BCUT2D eigenvalue weighted by Gasteiger charge is -2.40. The molecule has 1 aliphatic rings. The first-order chi connectivity index (χ1) is 10.2. The number of amides is 1. The van der Waals surface area contributed by atoms with Crippen LogP contribution in [0.2, 0.25) is 4.34 Å². The van der Waals surface area contributed by atoms with Crippen molar-refractivity contribution in [3.8, 4) is 0 Å². The van der Waals surface area contributed by atoms with Crippen LogP contribution in [0.1, 0.15) is 45.4 Å². The van der Waals surface area contributed by atoms with Gasteiger partial charge in [0.2, 0.25) is 0 Å². The summed E-state index contributed by atoms with van der Waals surface area (Å²) in [6, 6.07) is 3.98. The van der Waals surface area contributed by atoms with Gasteiger partial charge >= 0.3 is 6.09 Å². The third kappa shape index (κ3) is 5.14. The highest BCUT2D eigenvalue weighted by Gasteiger charge is 2.33. The van der Waals surface area contributed by atoms with Crippen LogP contribution in [-0.4, -0.2) is 35.2 Å². The molecule has 1 aromatic heterocycles. The van der Waals surface area contributed by atoms with E-state index < -0.39 is 5.60 Å². The second kappa shape index (κ2) is 6.77. The largest absolute Gasteiger partial charge is 0.444 e. The smallest absolute Gasteiger partial charge is 0.410 e. The van der Waals surface area contributed by atoms with Crippen LogP contribution in [-0.2, 0) is 11.3 Å². The summed E-state index contributed by atoms with van der Waals surface area (Å²) in [5.74, 6) is 0. The van der Waals surface area contributed by atoms with Crippen LogP contribution in [0, 0.1) is 0 Å². The predicted molar refractivity (Wildman–Crippen MR) is 91.6 cm³/mol. The Kier molecular flexibility index (Phi) is 5.41. The van der Waals surface area contributed by atoms with Crippen LogP contribution in [0.4, 0.5) is 4.79 Å². The molecular formula is C16H25ClN2O2S. The lowest BCUT2D eigenvalue weighted by atomic mass is 9.89. The number of rotatable bonds is 3. The number of thiophene rings is 1. The molecule has 6 heteroatoms. The molecule has 1 aliphatic heterocycles. The molecule has 0 unspecified atom stereocenters. The molecule has 1 amide bonds. The fourth-order valence-corrected chi connectivity index (χ4v) is 3.46. The van der Waals surface area contributed by atoms with E-state index in [-0.39, 0.29) is 11.6 Å². The van der Waals surface area contributed by atoms with E-state index in [4.69, 9.17) is 16.3 Å². The van der Waals surface area contributed by atoms with E-state index in [0.29, 0.717) is 0 Å². The fraction of sp³-hybridized carbons (Fsp3) is 0.688. The molecule has 0 atom stereocenters. The summed E-state index contributed by atoms with van der Waals surface area (Å²) < 4.78 is 6.25. The summed E-state index contributed by atoms with van der Waals surface area (Å²) in [6.45, 7) is 10.2. The molecule has 4 nitrogen and oxygen atoms in total. The van der Waals surface area contributed by atoms with Gasteiger partial charge in [0.25, 0.3) is 0 Å². The number of ether oxygens (including phenoxy) is 1. The summed E-state index contributed by atoms with van der Waals surface area (Å²) in [4.78, 5) is 15.1. The molecule has 1 fully saturated rings. The van der Waals surface area contributed by atoms with Crippen LogP contribution in [0.3, 0.4) is 0 Å². The second-order valence-corrected chi connectivity index (χ2v) is 8.89. The maximum Gasteiger partial charge on any atom is 0.410 e. The molecule has 22 heavy (non-hydrogen) atoms. The molecule has 1 saturated heterocycles. The van der Waals surface area contributed by atoms with Gasteiger partial charge < -0.3 is 15.0 Å². The molecule has 0 aliphatic carbocycles. The Morgan fingerprint density at radius 3 is 2.55 bits per heavy atom. The average Bonchev–Trinajstić information content (AvgIpc) is 2.81. The normalized spacial score (nSPS) is 18.3. The van der Waals surface area contributed by atoms with Crippen molar-refractivity contribution in [3.63, 3.8) is 0 Å². The number of piperidine rings is 1. The van der Waals surface area contributed by atoms with Gasteiger partial charge in [0.1, 0.15) is 5.60 Å². The summed E-state index contributed by atoms with van der Waals surface area (Å²) >= 11 is 7.56. The zero-order valence-electron chi connectivity index (χ0n) is 13.7. The summed E-state index contributed by atoms with van der Waals surface area (Å²) in [5.41, 5.74) is -0.385. The van der Waals surface area contributed by atoms with Crippen LogP contribution in [0.15, 0.2) is 12.1 Å². The van der Waals surface area contributed by atoms with Gasteiger partial charge in [-0.15, -0.1) is 11.3 Å². The summed E-state index contributed by atoms with van der Waals surface area (Å²) in [6.07, 6.45) is 1.64. The summed E-state index contributed by atoms with van der Waals surface area (Å²) in [7, 11) is 0. The molecule has 124 valence electrons. The van der Waals surface area contributed by atoms with E-state index in [1.54, 1.807) is 16.2 Å². The van der Waals surface area contributed by atoms with Crippen molar-refractivity contribution < 1.29 is 9.53 Å². The minimum atomic E-state index is -0.436. The molecule has 0 aromatic carbocycles. The molecule has 0 spiro atoms. The van der Waals surface area contributed by atoms with Gasteiger partial charge in [0, 0.05) is 30.1 Å². The highest BCUT2D eigenvalue weighted by Crippen LogP contribution is 2.26. The Hall–Kier alpha value is -0.780. The van der Waals surface area contributed by atoms with E-state index in [0.717, 1.165) is 36.8 Å². The second-order valence-electron chi connectivity index (χ2n) is 7.09. The molecule has 2 rings (SSSR count). The van der Waals surface area contributed by atoms with Gasteiger partial charge in [-0.2, -0.15) is 0 Å². The summed E-state index contributed by atoms with van der Waals surface area (Å²) in [5, 5.41) is 3.61. The number of nitrogens with zero attached hydrogens (tertiary/aromatic N) is 1. The van der Waals surface area contributed by atoms with Crippen LogP contribution >= 0.6 is 22.9 Å². The van der Waals surface area contributed by atoms with Gasteiger partial charge in [-0.25, -0.2) is 4.79 Å². The minimum absolute atomic E-state index is 0.0506. The Bertz CT molecular complexity index is 516. The van der Waals surface area contributed by atoms with Crippen molar-refractivity contribution in [1.82, 2.24) is 10.2 Å². The number of nitrogens with one attached hydrogen (secondary N) is 1. The van der Waals surface area contributed by atoms with Crippen molar-refractivity contribution in [2.75, 3.05) is 13.1 Å². The van der Waals surface area contributed by atoms with Crippen molar-refractivity contribution in [2.45, 2.75) is 58.2 Å². The van der Waals surface area contributed by atoms with Crippen molar-refractivity contribution in [1.29, 1.82) is 0 Å². The quantitative estimate of drug-likeness (QED) is 0.889. The van der Waals surface area contributed by atoms with E-state index in [1.165, 1.54) is 4.88 Å². The lowest BCUT2D eigenvalue weighted by Crippen LogP contribution is -2.52. The number of carbonyl (C=O) groups excluding carboxylic acids is 1. The SMILES string of the molecule is CC1(NCc2ccc(Cl)s2)CCN(C(=O)OC(C)(C)C)CC1. The van der Waals surface area contributed by atoms with Crippen LogP contribution in [0.25, 0.3) is 0 Å². The maximum atomic E-state index is 12.1. The lowest BCUT2D eigenvalue weighted by molar-refractivity contribution is 0.0157. The van der Waals surface area contributed by atoms with E-state index in [1.807, 2.05) is 26.8 Å². The average molecular weight is 345 g/mol. The molecule has 0 bridgehead atoms. The first-order valence-electron chi connectivity index (χ1n) is 7.64. The molecular weight excluding hydrogens is 320 g/mol. The standard InChI is InChI=1S/C16H25ClN2O2S/c1-15(2,3)21-14(20)19-9-7-16(4,8-10-19)18-11-12-5-6-13(17)22-12/h5-6,18H,7-11H2,1-4H3. The van der Waals surface area contributed by atoms with Gasteiger partial charge in [0.05, 0.1) is 4.34 Å². The Morgan fingerprint density at radius 1 is 1.41 bits per heavy atom. The first-order valence-corrected chi connectivity index (χ1v) is 8.84. The monoisotopic (exact) mass is 344 g/mol.